The van der Waals surface area contributed by atoms with Crippen LogP contribution in [0, 0.1) is 6.92 Å². The van der Waals surface area contributed by atoms with Gasteiger partial charge in [-0.05, 0) is 31.2 Å². The smallest absolute Gasteiger partial charge is 0.238 e. The minimum Gasteiger partial charge on any atom is -0.354 e. The van der Waals surface area contributed by atoms with Crippen molar-refractivity contribution in [3.63, 3.8) is 0 Å². The number of nitrogens with zero attached hydrogens (tertiary/aromatic N) is 4. The maximum Gasteiger partial charge on any atom is 0.238 e. The summed E-state index contributed by atoms with van der Waals surface area (Å²) in [7, 11) is 0. The average Bonchev–Trinajstić information content (AvgIpc) is 2.63. The number of rotatable bonds is 5. The molecule has 0 aliphatic carbocycles. The summed E-state index contributed by atoms with van der Waals surface area (Å²) in [5.41, 5.74) is 1.82. The van der Waals surface area contributed by atoms with Gasteiger partial charge < -0.3 is 10.2 Å². The number of nitrogens with one attached hydrogen (secondary N) is 1. The third-order valence-corrected chi connectivity index (χ3v) is 5.09. The number of aryl methyl sites for hydroxylation is 1. The summed E-state index contributed by atoms with van der Waals surface area (Å²) >= 11 is 3.40. The van der Waals surface area contributed by atoms with Crippen molar-refractivity contribution in [2.24, 2.45) is 0 Å². The third-order valence-electron chi connectivity index (χ3n) is 4.57. The quantitative estimate of drug-likeness (QED) is 0.785. The van der Waals surface area contributed by atoms with Crippen molar-refractivity contribution in [2.45, 2.75) is 26.7 Å². The molecule has 0 bridgehead atoms. The van der Waals surface area contributed by atoms with Gasteiger partial charge in [0.15, 0.2) is 0 Å². The highest BCUT2D eigenvalue weighted by atomic mass is 79.9. The summed E-state index contributed by atoms with van der Waals surface area (Å²) in [6.45, 7) is 10.0. The molecule has 27 heavy (non-hydrogen) atoms. The number of hydrogen-bond donors (Lipinski definition) is 1. The highest BCUT2D eigenvalue weighted by molar-refractivity contribution is 9.10. The van der Waals surface area contributed by atoms with Gasteiger partial charge in [0, 0.05) is 54.0 Å². The number of carbonyl (C=O) groups is 1. The summed E-state index contributed by atoms with van der Waals surface area (Å²) < 4.78 is 0.997. The standard InChI is InChI=1S/C20H26BrN5O/c1-14(2)20-22-15(3)12-18(24-20)26-10-8-25(9-11-26)13-19(27)23-17-6-4-16(21)5-7-17/h4-7,12,14H,8-11,13H2,1-3H3,(H,23,27). The van der Waals surface area contributed by atoms with Gasteiger partial charge in [-0.1, -0.05) is 29.8 Å². The molecule has 144 valence electrons. The predicted octanol–water partition coefficient (Wildman–Crippen LogP) is 3.43. The second-order valence-electron chi connectivity index (χ2n) is 7.20. The van der Waals surface area contributed by atoms with E-state index < -0.39 is 0 Å². The van der Waals surface area contributed by atoms with Gasteiger partial charge in [0.05, 0.1) is 6.54 Å². The first-order valence-corrected chi connectivity index (χ1v) is 10.1. The number of carbonyl (C=O) groups excluding carboxylic acids is 1. The maximum absolute atomic E-state index is 12.3. The minimum absolute atomic E-state index is 0.0192. The van der Waals surface area contributed by atoms with Gasteiger partial charge in [-0.3, -0.25) is 9.69 Å². The lowest BCUT2D eigenvalue weighted by Gasteiger charge is -2.35. The van der Waals surface area contributed by atoms with E-state index in [1.54, 1.807) is 0 Å². The Balaban J connectivity index is 1.53. The SMILES string of the molecule is Cc1cc(N2CCN(CC(=O)Nc3ccc(Br)cc3)CC2)nc(C(C)C)n1. The molecule has 2 aromatic rings. The van der Waals surface area contributed by atoms with E-state index in [9.17, 15) is 4.79 Å². The van der Waals surface area contributed by atoms with Crippen LogP contribution >= 0.6 is 15.9 Å². The molecule has 6 nitrogen and oxygen atoms in total. The highest BCUT2D eigenvalue weighted by Crippen LogP contribution is 2.19. The largest absolute Gasteiger partial charge is 0.354 e. The zero-order valence-corrected chi connectivity index (χ0v) is 17.7. The molecule has 0 unspecified atom stereocenters. The fourth-order valence-corrected chi connectivity index (χ4v) is 3.33. The van der Waals surface area contributed by atoms with Crippen LogP contribution in [0.4, 0.5) is 11.5 Å². The Bertz CT molecular complexity index is 785. The Hall–Kier alpha value is -1.99. The maximum atomic E-state index is 12.3. The molecule has 1 aliphatic heterocycles. The van der Waals surface area contributed by atoms with Crippen molar-refractivity contribution in [3.8, 4) is 0 Å². The van der Waals surface area contributed by atoms with Crippen LogP contribution in [0.1, 0.15) is 31.3 Å². The number of benzene rings is 1. The van der Waals surface area contributed by atoms with Crippen LogP contribution < -0.4 is 10.2 Å². The average molecular weight is 432 g/mol. The van der Waals surface area contributed by atoms with Gasteiger partial charge in [0.2, 0.25) is 5.91 Å². The monoisotopic (exact) mass is 431 g/mol. The van der Waals surface area contributed by atoms with Crippen LogP contribution in [-0.4, -0.2) is 53.5 Å². The first kappa shape index (κ1) is 19.8. The minimum atomic E-state index is 0.0192. The molecule has 1 fully saturated rings. The summed E-state index contributed by atoms with van der Waals surface area (Å²) in [5, 5.41) is 2.95. The zero-order chi connectivity index (χ0) is 19.4. The van der Waals surface area contributed by atoms with Crippen molar-refractivity contribution < 1.29 is 4.79 Å². The van der Waals surface area contributed by atoms with Crippen LogP contribution in [0.25, 0.3) is 0 Å². The molecule has 0 atom stereocenters. The van der Waals surface area contributed by atoms with Gasteiger partial charge in [0.1, 0.15) is 11.6 Å². The Labute approximate surface area is 169 Å². The summed E-state index contributed by atoms with van der Waals surface area (Å²) in [6, 6.07) is 9.67. The molecule has 1 aromatic carbocycles. The van der Waals surface area contributed by atoms with E-state index in [2.05, 4.69) is 49.9 Å². The molecule has 0 saturated carbocycles. The molecule has 0 spiro atoms. The molecule has 1 aromatic heterocycles. The molecule has 7 heteroatoms. The van der Waals surface area contributed by atoms with Gasteiger partial charge in [-0.25, -0.2) is 9.97 Å². The highest BCUT2D eigenvalue weighted by Gasteiger charge is 2.21. The molecule has 1 N–H and O–H groups in total. The lowest BCUT2D eigenvalue weighted by molar-refractivity contribution is -0.117. The predicted molar refractivity (Wildman–Crippen MR) is 112 cm³/mol. The number of halogens is 1. The van der Waals surface area contributed by atoms with E-state index in [4.69, 9.17) is 4.98 Å². The van der Waals surface area contributed by atoms with E-state index in [1.165, 1.54) is 0 Å². The summed E-state index contributed by atoms with van der Waals surface area (Å²) in [6.07, 6.45) is 0. The molecular weight excluding hydrogens is 406 g/mol. The van der Waals surface area contributed by atoms with Crippen molar-refractivity contribution >= 4 is 33.3 Å². The van der Waals surface area contributed by atoms with E-state index in [1.807, 2.05) is 37.3 Å². The molecular formula is C20H26BrN5O. The summed E-state index contributed by atoms with van der Waals surface area (Å²) in [4.78, 5) is 26.0. The molecule has 0 radical (unpaired) electrons. The van der Waals surface area contributed by atoms with Crippen LogP contribution in [-0.2, 0) is 4.79 Å². The van der Waals surface area contributed by atoms with Crippen molar-refractivity contribution in [1.82, 2.24) is 14.9 Å². The Morgan fingerprint density at radius 1 is 1.15 bits per heavy atom. The van der Waals surface area contributed by atoms with Gasteiger partial charge in [-0.15, -0.1) is 0 Å². The number of anilines is 2. The molecule has 1 saturated heterocycles. The molecule has 1 amide bonds. The van der Waals surface area contributed by atoms with E-state index >= 15 is 0 Å². The van der Waals surface area contributed by atoms with Crippen LogP contribution in [0.5, 0.6) is 0 Å². The van der Waals surface area contributed by atoms with Gasteiger partial charge in [0.25, 0.3) is 0 Å². The third kappa shape index (κ3) is 5.49. The number of hydrogen-bond acceptors (Lipinski definition) is 5. The van der Waals surface area contributed by atoms with Crippen molar-refractivity contribution in [3.05, 3.63) is 46.3 Å². The topological polar surface area (TPSA) is 61.4 Å². The van der Waals surface area contributed by atoms with Crippen LogP contribution in [0.3, 0.4) is 0 Å². The second kappa shape index (κ2) is 8.80. The Kier molecular flexibility index (Phi) is 6.44. The second-order valence-corrected chi connectivity index (χ2v) is 8.11. The Morgan fingerprint density at radius 3 is 2.44 bits per heavy atom. The number of amides is 1. The van der Waals surface area contributed by atoms with Gasteiger partial charge in [-0.2, -0.15) is 0 Å². The summed E-state index contributed by atoms with van der Waals surface area (Å²) in [5.74, 6) is 2.21. The lowest BCUT2D eigenvalue weighted by atomic mass is 10.2. The van der Waals surface area contributed by atoms with Crippen LogP contribution in [0.15, 0.2) is 34.8 Å². The van der Waals surface area contributed by atoms with E-state index in [0.29, 0.717) is 12.5 Å². The van der Waals surface area contributed by atoms with Gasteiger partial charge >= 0.3 is 0 Å². The fraction of sp³-hybridized carbons (Fsp3) is 0.450. The van der Waals surface area contributed by atoms with Crippen molar-refractivity contribution in [2.75, 3.05) is 42.9 Å². The number of piperazine rings is 1. The number of aromatic nitrogens is 2. The molecule has 2 heterocycles. The van der Waals surface area contributed by atoms with Crippen LogP contribution in [0.2, 0.25) is 0 Å². The first-order chi connectivity index (χ1) is 12.9. The van der Waals surface area contributed by atoms with E-state index in [-0.39, 0.29) is 5.91 Å². The van der Waals surface area contributed by atoms with Crippen molar-refractivity contribution in [1.29, 1.82) is 0 Å². The van der Waals surface area contributed by atoms with E-state index in [0.717, 1.165) is 53.7 Å². The molecule has 1 aliphatic rings. The first-order valence-electron chi connectivity index (χ1n) is 9.29. The zero-order valence-electron chi connectivity index (χ0n) is 16.1. The fourth-order valence-electron chi connectivity index (χ4n) is 3.07. The Morgan fingerprint density at radius 2 is 1.81 bits per heavy atom. The lowest BCUT2D eigenvalue weighted by Crippen LogP contribution is -2.49. The molecule has 3 rings (SSSR count). The normalized spacial score (nSPS) is 15.2.